The lowest BCUT2D eigenvalue weighted by Gasteiger charge is -2.05. The van der Waals surface area contributed by atoms with Crippen LogP contribution in [-0.2, 0) is 6.54 Å². The van der Waals surface area contributed by atoms with Crippen molar-refractivity contribution in [2.75, 3.05) is 0 Å². The second-order valence-electron chi connectivity index (χ2n) is 3.91. The molecule has 0 amide bonds. The molecule has 0 radical (unpaired) electrons. The second-order valence-corrected chi connectivity index (χ2v) is 3.91. The summed E-state index contributed by atoms with van der Waals surface area (Å²) in [6, 6.07) is 1.84. The molecule has 2 heterocycles. The van der Waals surface area contributed by atoms with Crippen LogP contribution in [0.3, 0.4) is 0 Å². The maximum atomic E-state index is 10.1. The Balaban J connectivity index is 2.20. The van der Waals surface area contributed by atoms with Gasteiger partial charge in [0, 0.05) is 18.3 Å². The molecular weight excluding hydrogens is 204 g/mol. The monoisotopic (exact) mass is 220 g/mol. The summed E-state index contributed by atoms with van der Waals surface area (Å²) in [5, 5.41) is 14.3. The zero-order valence-corrected chi connectivity index (χ0v) is 9.55. The van der Waals surface area contributed by atoms with E-state index in [1.165, 1.54) is 0 Å². The average molecular weight is 220 g/mol. The minimum absolute atomic E-state index is 0.594. The summed E-state index contributed by atoms with van der Waals surface area (Å²) in [5.41, 5.74) is 1.72. The second kappa shape index (κ2) is 4.53. The van der Waals surface area contributed by atoms with E-state index in [2.05, 4.69) is 12.0 Å². The molecular formula is C12H16N2O2. The lowest BCUT2D eigenvalue weighted by Crippen LogP contribution is -1.99. The molecule has 0 aromatic carbocycles. The molecule has 2 aromatic rings. The number of hydrogen-bond donors (Lipinski definition) is 1. The first kappa shape index (κ1) is 11.0. The smallest absolute Gasteiger partial charge is 0.140 e. The number of furan rings is 1. The molecule has 0 bridgehead atoms. The van der Waals surface area contributed by atoms with Crippen LogP contribution in [0.4, 0.5) is 0 Å². The van der Waals surface area contributed by atoms with Gasteiger partial charge in [-0.1, -0.05) is 6.92 Å². The Morgan fingerprint density at radius 3 is 3.00 bits per heavy atom. The summed E-state index contributed by atoms with van der Waals surface area (Å²) >= 11 is 0. The lowest BCUT2D eigenvalue weighted by atomic mass is 10.1. The predicted octanol–water partition coefficient (Wildman–Crippen LogP) is 2.28. The van der Waals surface area contributed by atoms with Crippen molar-refractivity contribution in [3.8, 4) is 0 Å². The molecule has 2 aromatic heterocycles. The van der Waals surface area contributed by atoms with E-state index in [-0.39, 0.29) is 0 Å². The van der Waals surface area contributed by atoms with Gasteiger partial charge >= 0.3 is 0 Å². The summed E-state index contributed by atoms with van der Waals surface area (Å²) in [5.74, 6) is 0.594. The Morgan fingerprint density at radius 2 is 2.38 bits per heavy atom. The third kappa shape index (κ3) is 2.02. The van der Waals surface area contributed by atoms with Gasteiger partial charge in [0.25, 0.3) is 0 Å². The van der Waals surface area contributed by atoms with Crippen molar-refractivity contribution in [2.45, 2.75) is 32.9 Å². The third-order valence-corrected chi connectivity index (χ3v) is 2.57. The van der Waals surface area contributed by atoms with Crippen LogP contribution in [0.5, 0.6) is 0 Å². The highest BCUT2D eigenvalue weighted by molar-refractivity contribution is 5.25. The average Bonchev–Trinajstić information content (AvgIpc) is 2.87. The third-order valence-electron chi connectivity index (χ3n) is 2.57. The predicted molar refractivity (Wildman–Crippen MR) is 60.0 cm³/mol. The van der Waals surface area contributed by atoms with Crippen LogP contribution in [0.25, 0.3) is 0 Å². The lowest BCUT2D eigenvalue weighted by molar-refractivity contribution is 0.188. The standard InChI is InChI=1S/C12H16N2O2/c1-3-5-14-8-10(7-13-14)11(15)12-9(2)4-6-16-12/h4,6-8,11,15H,3,5H2,1-2H3. The van der Waals surface area contributed by atoms with Crippen molar-refractivity contribution in [1.29, 1.82) is 0 Å². The van der Waals surface area contributed by atoms with Crippen LogP contribution in [0.1, 0.15) is 36.3 Å². The van der Waals surface area contributed by atoms with Gasteiger partial charge in [0.2, 0.25) is 0 Å². The Morgan fingerprint density at radius 1 is 1.56 bits per heavy atom. The van der Waals surface area contributed by atoms with E-state index >= 15 is 0 Å². The summed E-state index contributed by atoms with van der Waals surface area (Å²) in [6.45, 7) is 4.87. The number of aromatic nitrogens is 2. The molecule has 0 saturated carbocycles. The molecule has 0 saturated heterocycles. The molecule has 86 valence electrons. The van der Waals surface area contributed by atoms with Crippen LogP contribution in [-0.4, -0.2) is 14.9 Å². The maximum Gasteiger partial charge on any atom is 0.140 e. The Bertz CT molecular complexity index is 459. The Kier molecular flexibility index (Phi) is 3.10. The zero-order chi connectivity index (χ0) is 11.5. The number of nitrogens with zero attached hydrogens (tertiary/aromatic N) is 2. The molecule has 0 aliphatic heterocycles. The molecule has 16 heavy (non-hydrogen) atoms. The number of rotatable bonds is 4. The quantitative estimate of drug-likeness (QED) is 0.860. The van der Waals surface area contributed by atoms with E-state index in [9.17, 15) is 5.11 Å². The molecule has 1 N–H and O–H groups in total. The maximum absolute atomic E-state index is 10.1. The highest BCUT2D eigenvalue weighted by atomic mass is 16.4. The molecule has 0 spiro atoms. The highest BCUT2D eigenvalue weighted by Crippen LogP contribution is 2.24. The van der Waals surface area contributed by atoms with Crippen LogP contribution in [0.15, 0.2) is 29.1 Å². The van der Waals surface area contributed by atoms with Gasteiger partial charge in [0.05, 0.1) is 12.5 Å². The molecule has 0 aliphatic rings. The minimum atomic E-state index is -0.722. The minimum Gasteiger partial charge on any atom is -0.466 e. The Hall–Kier alpha value is -1.55. The summed E-state index contributed by atoms with van der Waals surface area (Å²) < 4.78 is 7.09. The zero-order valence-electron chi connectivity index (χ0n) is 9.55. The van der Waals surface area contributed by atoms with Crippen LogP contribution in [0.2, 0.25) is 0 Å². The summed E-state index contributed by atoms with van der Waals surface area (Å²) in [6.07, 6.45) is 5.43. The number of aryl methyl sites for hydroxylation is 2. The first-order chi connectivity index (χ1) is 7.72. The van der Waals surface area contributed by atoms with Crippen LogP contribution >= 0.6 is 0 Å². The fraction of sp³-hybridized carbons (Fsp3) is 0.417. The van der Waals surface area contributed by atoms with Crippen molar-refractivity contribution in [3.63, 3.8) is 0 Å². The molecule has 0 aliphatic carbocycles. The van der Waals surface area contributed by atoms with E-state index < -0.39 is 6.10 Å². The number of hydrogen-bond acceptors (Lipinski definition) is 3. The molecule has 4 nitrogen and oxygen atoms in total. The molecule has 1 atom stereocenters. The van der Waals surface area contributed by atoms with Crippen molar-refractivity contribution in [1.82, 2.24) is 9.78 Å². The van der Waals surface area contributed by atoms with Crippen LogP contribution in [0, 0.1) is 6.92 Å². The van der Waals surface area contributed by atoms with Crippen molar-refractivity contribution in [3.05, 3.63) is 41.6 Å². The van der Waals surface area contributed by atoms with Gasteiger partial charge in [0.1, 0.15) is 11.9 Å². The van der Waals surface area contributed by atoms with Gasteiger partial charge in [-0.2, -0.15) is 5.10 Å². The van der Waals surface area contributed by atoms with E-state index in [1.54, 1.807) is 12.5 Å². The van der Waals surface area contributed by atoms with Gasteiger partial charge in [0.15, 0.2) is 0 Å². The number of aliphatic hydroxyl groups excluding tert-OH is 1. The number of aliphatic hydroxyl groups is 1. The Labute approximate surface area is 94.5 Å². The first-order valence-corrected chi connectivity index (χ1v) is 5.46. The fourth-order valence-electron chi connectivity index (χ4n) is 1.69. The van der Waals surface area contributed by atoms with E-state index in [1.807, 2.05) is 23.9 Å². The van der Waals surface area contributed by atoms with Gasteiger partial charge in [-0.3, -0.25) is 4.68 Å². The molecule has 1 unspecified atom stereocenters. The highest BCUT2D eigenvalue weighted by Gasteiger charge is 2.17. The van der Waals surface area contributed by atoms with Gasteiger partial charge in [-0.25, -0.2) is 0 Å². The summed E-state index contributed by atoms with van der Waals surface area (Å²) in [7, 11) is 0. The molecule has 2 rings (SSSR count). The van der Waals surface area contributed by atoms with Crippen molar-refractivity contribution >= 4 is 0 Å². The van der Waals surface area contributed by atoms with Crippen molar-refractivity contribution < 1.29 is 9.52 Å². The topological polar surface area (TPSA) is 51.2 Å². The van der Waals surface area contributed by atoms with E-state index in [0.29, 0.717) is 5.76 Å². The SMILES string of the molecule is CCCn1cc(C(O)c2occc2C)cn1. The van der Waals surface area contributed by atoms with Gasteiger partial charge < -0.3 is 9.52 Å². The van der Waals surface area contributed by atoms with Crippen molar-refractivity contribution in [2.24, 2.45) is 0 Å². The normalized spacial score (nSPS) is 12.9. The van der Waals surface area contributed by atoms with E-state index in [4.69, 9.17) is 4.42 Å². The largest absolute Gasteiger partial charge is 0.466 e. The van der Waals surface area contributed by atoms with Crippen LogP contribution < -0.4 is 0 Å². The fourth-order valence-corrected chi connectivity index (χ4v) is 1.69. The molecule has 4 heteroatoms. The first-order valence-electron chi connectivity index (χ1n) is 5.46. The summed E-state index contributed by atoms with van der Waals surface area (Å²) in [4.78, 5) is 0. The van der Waals surface area contributed by atoms with Gasteiger partial charge in [-0.15, -0.1) is 0 Å². The van der Waals surface area contributed by atoms with Gasteiger partial charge in [-0.05, 0) is 25.0 Å². The molecule has 0 fully saturated rings. The van der Waals surface area contributed by atoms with E-state index in [0.717, 1.165) is 24.1 Å².